The molecule has 0 spiro atoms. The molecule has 236 valence electrons. The third-order valence-corrected chi connectivity index (χ3v) is 9.33. The highest BCUT2D eigenvalue weighted by Gasteiger charge is 2.33. The standard InChI is InChI=1S/C36H43N5O3S/c1-23(2)30-15-27(18-37-20-30)19-38-21-33(42)31(16-26-9-6-5-7-10-26)40-34(43)28-13-24(3)14-29(17-28)36(44)41-12-8-11-32(41)35-39-25(4)22-45-35/h5-7,9-10,13-15,17-18,20,22-23,31-33,38,42H,8,11-12,16,19,21H2,1-4H3,(H,40,43)/t31-,32?,33+/m0/s1. The van der Waals surface area contributed by atoms with Crippen molar-refractivity contribution in [2.75, 3.05) is 13.1 Å². The number of nitrogens with zero attached hydrogens (tertiary/aromatic N) is 3. The van der Waals surface area contributed by atoms with E-state index in [9.17, 15) is 14.7 Å². The number of nitrogens with one attached hydrogen (secondary N) is 2. The zero-order chi connectivity index (χ0) is 31.9. The number of rotatable bonds is 12. The van der Waals surface area contributed by atoms with Crippen molar-refractivity contribution in [3.8, 4) is 0 Å². The number of amides is 2. The number of aliphatic hydroxyl groups excluding tert-OH is 1. The fourth-order valence-electron chi connectivity index (χ4n) is 5.82. The second-order valence-electron chi connectivity index (χ2n) is 12.3. The monoisotopic (exact) mass is 625 g/mol. The van der Waals surface area contributed by atoms with E-state index in [0.29, 0.717) is 36.6 Å². The maximum atomic E-state index is 13.7. The SMILES string of the molecule is Cc1cc(C(=O)N[C@@H](Cc2ccccc2)[C@H](O)CNCc2cncc(C(C)C)c2)cc(C(=O)N2CCCC2c2nc(C)cs2)c1. The Balaban J connectivity index is 1.29. The Bertz CT molecular complexity index is 1610. The highest BCUT2D eigenvalue weighted by Crippen LogP contribution is 2.35. The van der Waals surface area contributed by atoms with Crippen LogP contribution in [-0.4, -0.2) is 57.0 Å². The molecule has 1 fully saturated rings. The van der Waals surface area contributed by atoms with Crippen molar-refractivity contribution in [2.24, 2.45) is 0 Å². The first-order chi connectivity index (χ1) is 21.7. The first-order valence-corrected chi connectivity index (χ1v) is 16.6. The molecule has 0 saturated carbocycles. The molecule has 1 saturated heterocycles. The third-order valence-electron chi connectivity index (χ3n) is 8.27. The molecule has 3 N–H and O–H groups in total. The zero-order valence-corrected chi connectivity index (χ0v) is 27.3. The summed E-state index contributed by atoms with van der Waals surface area (Å²) in [5, 5.41) is 20.7. The van der Waals surface area contributed by atoms with Crippen molar-refractivity contribution in [2.45, 2.75) is 77.6 Å². The van der Waals surface area contributed by atoms with Gasteiger partial charge in [0.2, 0.25) is 0 Å². The van der Waals surface area contributed by atoms with Gasteiger partial charge in [-0.2, -0.15) is 0 Å². The number of aliphatic hydroxyl groups is 1. The number of hydrogen-bond donors (Lipinski definition) is 3. The van der Waals surface area contributed by atoms with Crippen LogP contribution in [0, 0.1) is 13.8 Å². The first kappa shape index (κ1) is 32.5. The highest BCUT2D eigenvalue weighted by atomic mass is 32.1. The molecule has 1 aliphatic rings. The maximum Gasteiger partial charge on any atom is 0.254 e. The predicted octanol–water partition coefficient (Wildman–Crippen LogP) is 5.75. The van der Waals surface area contributed by atoms with Crippen molar-refractivity contribution < 1.29 is 14.7 Å². The summed E-state index contributed by atoms with van der Waals surface area (Å²) < 4.78 is 0. The smallest absolute Gasteiger partial charge is 0.254 e. The quantitative estimate of drug-likeness (QED) is 0.185. The molecule has 4 aromatic rings. The molecule has 1 unspecified atom stereocenters. The average Bonchev–Trinajstić information content (AvgIpc) is 3.70. The number of hydrogen-bond acceptors (Lipinski definition) is 7. The molecule has 2 aromatic carbocycles. The Kier molecular flexibility index (Phi) is 10.8. The molecule has 0 aliphatic carbocycles. The van der Waals surface area contributed by atoms with E-state index in [1.165, 1.54) is 5.56 Å². The second-order valence-corrected chi connectivity index (χ2v) is 13.2. The summed E-state index contributed by atoms with van der Waals surface area (Å²) in [5.74, 6) is -0.0377. The largest absolute Gasteiger partial charge is 0.390 e. The van der Waals surface area contributed by atoms with Crippen LogP contribution in [0.25, 0.3) is 0 Å². The van der Waals surface area contributed by atoms with E-state index >= 15 is 0 Å². The molecule has 1 aliphatic heterocycles. The molecule has 2 aromatic heterocycles. The lowest BCUT2D eigenvalue weighted by Gasteiger charge is -2.26. The Labute approximate surface area is 269 Å². The summed E-state index contributed by atoms with van der Waals surface area (Å²) in [7, 11) is 0. The zero-order valence-electron chi connectivity index (χ0n) is 26.5. The van der Waals surface area contributed by atoms with Gasteiger partial charge in [-0.05, 0) is 79.5 Å². The minimum absolute atomic E-state index is 0.0458. The van der Waals surface area contributed by atoms with Crippen LogP contribution in [0.2, 0.25) is 0 Å². The maximum absolute atomic E-state index is 13.7. The van der Waals surface area contributed by atoms with Crippen LogP contribution < -0.4 is 10.6 Å². The van der Waals surface area contributed by atoms with Crippen LogP contribution in [-0.2, 0) is 13.0 Å². The highest BCUT2D eigenvalue weighted by molar-refractivity contribution is 7.09. The lowest BCUT2D eigenvalue weighted by molar-refractivity contribution is 0.0735. The molecule has 5 rings (SSSR count). The van der Waals surface area contributed by atoms with E-state index in [1.807, 2.05) is 72.9 Å². The van der Waals surface area contributed by atoms with Crippen LogP contribution >= 0.6 is 11.3 Å². The molecule has 45 heavy (non-hydrogen) atoms. The summed E-state index contributed by atoms with van der Waals surface area (Å²) >= 11 is 1.59. The van der Waals surface area contributed by atoms with Crippen LogP contribution in [0.4, 0.5) is 0 Å². The fraction of sp³-hybridized carbons (Fsp3) is 0.389. The number of thiazole rings is 1. The van der Waals surface area contributed by atoms with Crippen LogP contribution in [0.3, 0.4) is 0 Å². The van der Waals surface area contributed by atoms with Gasteiger partial charge in [0.25, 0.3) is 11.8 Å². The average molecular weight is 626 g/mol. The fourth-order valence-corrected chi connectivity index (χ4v) is 6.77. The molecule has 9 heteroatoms. The lowest BCUT2D eigenvalue weighted by Crippen LogP contribution is -2.48. The Morgan fingerprint density at radius 1 is 1.04 bits per heavy atom. The van der Waals surface area contributed by atoms with Gasteiger partial charge in [-0.25, -0.2) is 4.98 Å². The molecule has 3 atom stereocenters. The topological polar surface area (TPSA) is 107 Å². The lowest BCUT2D eigenvalue weighted by atomic mass is 9.99. The van der Waals surface area contributed by atoms with E-state index in [-0.39, 0.29) is 24.4 Å². The molecule has 0 bridgehead atoms. The van der Waals surface area contributed by atoms with Gasteiger partial charge in [0.05, 0.1) is 18.2 Å². The summed E-state index contributed by atoms with van der Waals surface area (Å²) in [6.45, 7) is 9.62. The molecule has 3 heterocycles. The van der Waals surface area contributed by atoms with Gasteiger partial charge in [-0.3, -0.25) is 14.6 Å². The summed E-state index contributed by atoms with van der Waals surface area (Å²) in [4.78, 5) is 38.3. The van der Waals surface area contributed by atoms with Crippen LogP contribution in [0.15, 0.2) is 72.4 Å². The van der Waals surface area contributed by atoms with Crippen molar-refractivity contribution in [1.29, 1.82) is 0 Å². The van der Waals surface area contributed by atoms with E-state index < -0.39 is 12.1 Å². The van der Waals surface area contributed by atoms with Crippen molar-refractivity contribution in [3.63, 3.8) is 0 Å². The Morgan fingerprint density at radius 3 is 2.56 bits per heavy atom. The van der Waals surface area contributed by atoms with E-state index in [4.69, 9.17) is 0 Å². The van der Waals surface area contributed by atoms with E-state index in [1.54, 1.807) is 23.5 Å². The van der Waals surface area contributed by atoms with Gasteiger partial charge in [-0.15, -0.1) is 11.3 Å². The number of carbonyl (C=O) groups is 2. The van der Waals surface area contributed by atoms with Crippen LogP contribution in [0.1, 0.15) is 92.3 Å². The minimum atomic E-state index is -0.853. The van der Waals surface area contributed by atoms with E-state index in [0.717, 1.165) is 40.2 Å². The Hall–Kier alpha value is -3.92. The van der Waals surface area contributed by atoms with E-state index in [2.05, 4.69) is 40.5 Å². The van der Waals surface area contributed by atoms with Gasteiger partial charge >= 0.3 is 0 Å². The summed E-state index contributed by atoms with van der Waals surface area (Å²) in [5.41, 5.74) is 5.88. The molecular formula is C36H43N5O3S. The third kappa shape index (κ3) is 8.42. The second kappa shape index (κ2) is 14.9. The molecule has 2 amide bonds. The van der Waals surface area contributed by atoms with Gasteiger partial charge in [0.15, 0.2) is 0 Å². The van der Waals surface area contributed by atoms with Gasteiger partial charge in [0, 0.05) is 54.2 Å². The molecule has 8 nitrogen and oxygen atoms in total. The normalized spacial score (nSPS) is 16.1. The molecular weight excluding hydrogens is 582 g/mol. The summed E-state index contributed by atoms with van der Waals surface area (Å²) in [6, 6.07) is 16.6. The Morgan fingerprint density at radius 2 is 1.82 bits per heavy atom. The van der Waals surface area contributed by atoms with Gasteiger partial charge in [0.1, 0.15) is 5.01 Å². The predicted molar refractivity (Wildman–Crippen MR) is 178 cm³/mol. The number of carbonyl (C=O) groups excluding carboxylic acids is 2. The number of aryl methyl sites for hydroxylation is 2. The number of pyridine rings is 1. The van der Waals surface area contributed by atoms with Gasteiger partial charge in [-0.1, -0.05) is 50.2 Å². The summed E-state index contributed by atoms with van der Waals surface area (Å²) in [6.07, 6.45) is 5.11. The van der Waals surface area contributed by atoms with Crippen LogP contribution in [0.5, 0.6) is 0 Å². The van der Waals surface area contributed by atoms with Gasteiger partial charge < -0.3 is 20.6 Å². The van der Waals surface area contributed by atoms with Crippen molar-refractivity contribution in [1.82, 2.24) is 25.5 Å². The molecule has 0 radical (unpaired) electrons. The minimum Gasteiger partial charge on any atom is -0.390 e. The van der Waals surface area contributed by atoms with Crippen molar-refractivity contribution in [3.05, 3.63) is 116 Å². The van der Waals surface area contributed by atoms with Crippen molar-refractivity contribution >= 4 is 23.2 Å². The number of likely N-dealkylation sites (tertiary alicyclic amines) is 1. The number of aromatic nitrogens is 2. The number of benzene rings is 2. The first-order valence-electron chi connectivity index (χ1n) is 15.7.